The fourth-order valence-corrected chi connectivity index (χ4v) is 4.82. The summed E-state index contributed by atoms with van der Waals surface area (Å²) in [7, 11) is -3.49. The van der Waals surface area contributed by atoms with Crippen LogP contribution in [0.15, 0.2) is 91.0 Å². The van der Waals surface area contributed by atoms with Crippen LogP contribution in [0.4, 0.5) is 20.2 Å². The molecule has 0 aliphatic rings. The SMILES string of the molecule is Cc1c(NS(C)(=O)=O)cccc1N(Cc1ccc(OCCc2ccccc2)cc1)Cc1ccc(F)cc1F. The summed E-state index contributed by atoms with van der Waals surface area (Å²) in [6.07, 6.45) is 1.89. The van der Waals surface area contributed by atoms with E-state index in [0.717, 1.165) is 35.7 Å². The minimum Gasteiger partial charge on any atom is -0.493 e. The molecule has 0 atom stereocenters. The third kappa shape index (κ3) is 7.55. The number of anilines is 2. The monoisotopic (exact) mass is 536 g/mol. The summed E-state index contributed by atoms with van der Waals surface area (Å²) >= 11 is 0. The van der Waals surface area contributed by atoms with Crippen LogP contribution in [-0.4, -0.2) is 21.3 Å². The summed E-state index contributed by atoms with van der Waals surface area (Å²) < 4.78 is 60.3. The maximum absolute atomic E-state index is 14.6. The van der Waals surface area contributed by atoms with E-state index < -0.39 is 21.7 Å². The Balaban J connectivity index is 1.55. The van der Waals surface area contributed by atoms with Crippen molar-refractivity contribution in [3.05, 3.63) is 125 Å². The third-order valence-electron chi connectivity index (χ3n) is 6.12. The van der Waals surface area contributed by atoms with E-state index in [-0.39, 0.29) is 6.54 Å². The van der Waals surface area contributed by atoms with Crippen LogP contribution in [-0.2, 0) is 29.5 Å². The number of ether oxygens (including phenoxy) is 1. The summed E-state index contributed by atoms with van der Waals surface area (Å²) in [4.78, 5) is 1.93. The minimum absolute atomic E-state index is 0.157. The highest BCUT2D eigenvalue weighted by molar-refractivity contribution is 7.92. The topological polar surface area (TPSA) is 58.6 Å². The standard InChI is InChI=1S/C30H30F2N2O3S/c1-22-29(33-38(2,35)36)9-6-10-30(22)34(21-25-13-14-26(31)19-28(25)32)20-24-11-15-27(16-12-24)37-18-17-23-7-4-3-5-8-23/h3-16,19,33H,17-18,20-21H2,1-2H3. The fraction of sp³-hybridized carbons (Fsp3) is 0.200. The summed E-state index contributed by atoms with van der Waals surface area (Å²) in [5.74, 6) is -0.534. The van der Waals surface area contributed by atoms with Gasteiger partial charge in [-0.15, -0.1) is 0 Å². The average molecular weight is 537 g/mol. The highest BCUT2D eigenvalue weighted by atomic mass is 32.2. The first-order chi connectivity index (χ1) is 18.2. The van der Waals surface area contributed by atoms with Crippen LogP contribution in [0.5, 0.6) is 5.75 Å². The summed E-state index contributed by atoms with van der Waals surface area (Å²) in [6.45, 7) is 2.92. The second-order valence-corrected chi connectivity index (χ2v) is 10.9. The molecule has 0 fully saturated rings. The van der Waals surface area contributed by atoms with Crippen LogP contribution in [0.1, 0.15) is 22.3 Å². The zero-order valence-electron chi connectivity index (χ0n) is 21.3. The predicted molar refractivity (Wildman–Crippen MR) is 148 cm³/mol. The Labute approximate surface area is 222 Å². The van der Waals surface area contributed by atoms with E-state index in [1.54, 1.807) is 19.1 Å². The van der Waals surface area contributed by atoms with Gasteiger partial charge in [0.1, 0.15) is 17.4 Å². The van der Waals surface area contributed by atoms with Crippen molar-refractivity contribution >= 4 is 21.4 Å². The van der Waals surface area contributed by atoms with Gasteiger partial charge in [0, 0.05) is 36.8 Å². The van der Waals surface area contributed by atoms with Crippen molar-refractivity contribution in [1.82, 2.24) is 0 Å². The lowest BCUT2D eigenvalue weighted by Gasteiger charge is -2.28. The quantitative estimate of drug-likeness (QED) is 0.239. The zero-order chi connectivity index (χ0) is 27.1. The van der Waals surface area contributed by atoms with Crippen molar-refractivity contribution in [1.29, 1.82) is 0 Å². The molecule has 0 radical (unpaired) electrons. The van der Waals surface area contributed by atoms with Crippen molar-refractivity contribution in [2.75, 3.05) is 22.5 Å². The van der Waals surface area contributed by atoms with Crippen molar-refractivity contribution in [3.8, 4) is 5.75 Å². The van der Waals surface area contributed by atoms with E-state index in [1.165, 1.54) is 17.7 Å². The molecule has 1 N–H and O–H groups in total. The van der Waals surface area contributed by atoms with Gasteiger partial charge in [-0.25, -0.2) is 17.2 Å². The van der Waals surface area contributed by atoms with Gasteiger partial charge in [0.25, 0.3) is 0 Å². The predicted octanol–water partition coefficient (Wildman–Crippen LogP) is 6.47. The molecule has 0 aliphatic carbocycles. The Morgan fingerprint density at radius 3 is 2.26 bits per heavy atom. The van der Waals surface area contributed by atoms with Gasteiger partial charge in [0.2, 0.25) is 10.0 Å². The molecule has 38 heavy (non-hydrogen) atoms. The highest BCUT2D eigenvalue weighted by Crippen LogP contribution is 2.30. The number of benzene rings is 4. The Bertz CT molecular complexity index is 1480. The number of nitrogens with zero attached hydrogens (tertiary/aromatic N) is 1. The van der Waals surface area contributed by atoms with E-state index in [2.05, 4.69) is 16.9 Å². The number of rotatable bonds is 11. The smallest absolute Gasteiger partial charge is 0.229 e. The van der Waals surface area contributed by atoms with Crippen LogP contribution in [0.2, 0.25) is 0 Å². The second-order valence-electron chi connectivity index (χ2n) is 9.14. The van der Waals surface area contributed by atoms with Gasteiger partial charge in [0.05, 0.1) is 18.6 Å². The molecule has 8 heteroatoms. The molecule has 0 heterocycles. The first-order valence-corrected chi connectivity index (χ1v) is 14.1. The van der Waals surface area contributed by atoms with Crippen LogP contribution in [0, 0.1) is 18.6 Å². The molecule has 4 aromatic carbocycles. The van der Waals surface area contributed by atoms with Gasteiger partial charge in [-0.2, -0.15) is 0 Å². The number of sulfonamides is 1. The van der Waals surface area contributed by atoms with Crippen molar-refractivity contribution < 1.29 is 21.9 Å². The van der Waals surface area contributed by atoms with Crippen LogP contribution >= 0.6 is 0 Å². The Kier molecular flexibility index (Phi) is 8.63. The Morgan fingerprint density at radius 2 is 1.58 bits per heavy atom. The molecule has 0 saturated heterocycles. The molecular formula is C30H30F2N2O3S. The maximum Gasteiger partial charge on any atom is 0.229 e. The molecule has 4 rings (SSSR count). The second kappa shape index (κ2) is 12.1. The summed E-state index contributed by atoms with van der Waals surface area (Å²) in [5, 5.41) is 0. The number of hydrogen-bond acceptors (Lipinski definition) is 4. The van der Waals surface area contributed by atoms with Crippen molar-refractivity contribution in [2.45, 2.75) is 26.4 Å². The van der Waals surface area contributed by atoms with E-state index >= 15 is 0 Å². The van der Waals surface area contributed by atoms with Gasteiger partial charge >= 0.3 is 0 Å². The molecule has 4 aromatic rings. The van der Waals surface area contributed by atoms with Gasteiger partial charge in [-0.05, 0) is 53.9 Å². The van der Waals surface area contributed by atoms with Crippen LogP contribution < -0.4 is 14.4 Å². The fourth-order valence-electron chi connectivity index (χ4n) is 4.20. The minimum atomic E-state index is -3.49. The largest absolute Gasteiger partial charge is 0.493 e. The first kappa shape index (κ1) is 27.1. The molecule has 5 nitrogen and oxygen atoms in total. The summed E-state index contributed by atoms with van der Waals surface area (Å²) in [5.41, 5.74) is 4.34. The third-order valence-corrected chi connectivity index (χ3v) is 6.71. The Morgan fingerprint density at radius 1 is 0.842 bits per heavy atom. The lowest BCUT2D eigenvalue weighted by molar-refractivity contribution is 0.322. The van der Waals surface area contributed by atoms with E-state index in [1.807, 2.05) is 53.4 Å². The zero-order valence-corrected chi connectivity index (χ0v) is 22.1. The molecule has 0 saturated carbocycles. The van der Waals surface area contributed by atoms with Gasteiger partial charge in [0.15, 0.2) is 0 Å². The maximum atomic E-state index is 14.6. The van der Waals surface area contributed by atoms with E-state index in [0.29, 0.717) is 30.0 Å². The average Bonchev–Trinajstić information content (AvgIpc) is 2.87. The van der Waals surface area contributed by atoms with Gasteiger partial charge in [-0.3, -0.25) is 4.72 Å². The lowest BCUT2D eigenvalue weighted by atomic mass is 10.1. The Hall–Kier alpha value is -3.91. The van der Waals surface area contributed by atoms with Crippen molar-refractivity contribution in [2.24, 2.45) is 0 Å². The molecule has 0 bridgehead atoms. The summed E-state index contributed by atoms with van der Waals surface area (Å²) in [6, 6.07) is 26.6. The molecule has 198 valence electrons. The molecule has 0 unspecified atom stereocenters. The van der Waals surface area contributed by atoms with Gasteiger partial charge < -0.3 is 9.64 Å². The van der Waals surface area contributed by atoms with E-state index in [4.69, 9.17) is 4.74 Å². The number of hydrogen-bond donors (Lipinski definition) is 1. The lowest BCUT2D eigenvalue weighted by Crippen LogP contribution is -2.24. The van der Waals surface area contributed by atoms with Crippen molar-refractivity contribution in [3.63, 3.8) is 0 Å². The van der Waals surface area contributed by atoms with Crippen LogP contribution in [0.25, 0.3) is 0 Å². The first-order valence-electron chi connectivity index (χ1n) is 12.2. The number of nitrogens with one attached hydrogen (secondary N) is 1. The number of halogens is 2. The molecule has 0 aliphatic heterocycles. The molecule has 0 amide bonds. The highest BCUT2D eigenvalue weighted by Gasteiger charge is 2.17. The molecule has 0 aromatic heterocycles. The normalized spacial score (nSPS) is 11.3. The molecular weight excluding hydrogens is 506 g/mol. The van der Waals surface area contributed by atoms with E-state index in [9.17, 15) is 17.2 Å². The van der Waals surface area contributed by atoms with Gasteiger partial charge in [-0.1, -0.05) is 54.6 Å². The van der Waals surface area contributed by atoms with Crippen LogP contribution in [0.3, 0.4) is 0 Å². The molecule has 0 spiro atoms.